The van der Waals surface area contributed by atoms with Crippen LogP contribution in [0.4, 0.5) is 5.69 Å². The van der Waals surface area contributed by atoms with E-state index in [1.165, 1.54) is 12.1 Å². The van der Waals surface area contributed by atoms with E-state index in [2.05, 4.69) is 5.32 Å². The second-order valence-corrected chi connectivity index (χ2v) is 4.44. The Balaban J connectivity index is 2.10. The van der Waals surface area contributed by atoms with Gasteiger partial charge in [0.25, 0.3) is 0 Å². The van der Waals surface area contributed by atoms with Gasteiger partial charge in [-0.3, -0.25) is 0 Å². The van der Waals surface area contributed by atoms with E-state index >= 15 is 0 Å². The lowest BCUT2D eigenvalue weighted by atomic mass is 9.98. The molecule has 0 spiro atoms. The third-order valence-corrected chi connectivity index (χ3v) is 3.05. The molecule has 7 heteroatoms. The fourth-order valence-electron chi connectivity index (χ4n) is 1.98. The van der Waals surface area contributed by atoms with Gasteiger partial charge in [-0.1, -0.05) is 6.07 Å². The second kappa shape index (κ2) is 5.72. The van der Waals surface area contributed by atoms with Crippen LogP contribution in [0.15, 0.2) is 24.3 Å². The first-order chi connectivity index (χ1) is 9.02. The monoisotopic (exact) mass is 271 g/mol. The van der Waals surface area contributed by atoms with E-state index in [1.54, 1.807) is 12.1 Å². The van der Waals surface area contributed by atoms with E-state index in [4.69, 9.17) is 9.84 Å². The number of hydrogen-bond acceptors (Lipinski definition) is 7. The molecule has 2 rings (SSSR count). The van der Waals surface area contributed by atoms with Crippen LogP contribution in [-0.2, 0) is 4.74 Å². The number of aliphatic hydroxyl groups excluding tert-OH is 4. The third-order valence-electron chi connectivity index (χ3n) is 3.05. The summed E-state index contributed by atoms with van der Waals surface area (Å²) < 4.78 is 5.27. The Hall–Kier alpha value is -1.38. The summed E-state index contributed by atoms with van der Waals surface area (Å²) in [5, 5.41) is 50.2. The SMILES string of the molecule is OC[C@@H]1O[C@H](Nc2cccc(O)c2)[C@H](O)[C@H](O)[C@@H]1O. The fourth-order valence-corrected chi connectivity index (χ4v) is 1.98. The first-order valence-corrected chi connectivity index (χ1v) is 5.89. The quantitative estimate of drug-likeness (QED) is 0.400. The average molecular weight is 271 g/mol. The highest BCUT2D eigenvalue weighted by atomic mass is 16.6. The molecule has 7 nitrogen and oxygen atoms in total. The third kappa shape index (κ3) is 2.96. The van der Waals surface area contributed by atoms with Crippen molar-refractivity contribution in [3.63, 3.8) is 0 Å². The van der Waals surface area contributed by atoms with Gasteiger partial charge in [-0.2, -0.15) is 0 Å². The van der Waals surface area contributed by atoms with E-state index < -0.39 is 37.3 Å². The summed E-state index contributed by atoms with van der Waals surface area (Å²) in [7, 11) is 0. The van der Waals surface area contributed by atoms with E-state index in [0.717, 1.165) is 0 Å². The van der Waals surface area contributed by atoms with E-state index in [1.807, 2.05) is 0 Å². The number of aromatic hydroxyl groups is 1. The summed E-state index contributed by atoms with van der Waals surface area (Å²) >= 11 is 0. The van der Waals surface area contributed by atoms with Crippen LogP contribution in [0.5, 0.6) is 5.75 Å². The predicted octanol–water partition coefficient (Wildman–Crippen LogP) is -1.40. The Morgan fingerprint density at radius 3 is 2.47 bits per heavy atom. The van der Waals surface area contributed by atoms with Crippen molar-refractivity contribution < 1.29 is 30.3 Å². The molecule has 0 aliphatic carbocycles. The molecule has 1 aromatic carbocycles. The van der Waals surface area contributed by atoms with Crippen molar-refractivity contribution in [2.24, 2.45) is 0 Å². The molecule has 0 saturated carbocycles. The van der Waals surface area contributed by atoms with Crippen LogP contribution in [0.3, 0.4) is 0 Å². The molecule has 1 fully saturated rings. The van der Waals surface area contributed by atoms with Crippen LogP contribution in [0.25, 0.3) is 0 Å². The number of aliphatic hydroxyl groups is 4. The molecular formula is C12H17NO6. The molecular weight excluding hydrogens is 254 g/mol. The Morgan fingerprint density at radius 1 is 1.11 bits per heavy atom. The lowest BCUT2D eigenvalue weighted by molar-refractivity contribution is -0.221. The maximum absolute atomic E-state index is 9.81. The van der Waals surface area contributed by atoms with Crippen molar-refractivity contribution in [3.05, 3.63) is 24.3 Å². The number of hydrogen-bond donors (Lipinski definition) is 6. The van der Waals surface area contributed by atoms with Gasteiger partial charge >= 0.3 is 0 Å². The van der Waals surface area contributed by atoms with Crippen LogP contribution < -0.4 is 5.32 Å². The van der Waals surface area contributed by atoms with Gasteiger partial charge in [-0.15, -0.1) is 0 Å². The standard InChI is InChI=1S/C12H17NO6/c14-5-8-9(16)10(17)11(18)12(19-8)13-6-2-1-3-7(15)4-6/h1-4,8-18H,5H2/t8-,9+,10+,11+,12-/m0/s1. The molecule has 0 radical (unpaired) electrons. The Morgan fingerprint density at radius 2 is 1.84 bits per heavy atom. The maximum Gasteiger partial charge on any atom is 0.157 e. The Labute approximate surface area is 109 Å². The highest BCUT2D eigenvalue weighted by molar-refractivity contribution is 5.48. The van der Waals surface area contributed by atoms with Gasteiger partial charge in [0.1, 0.15) is 30.2 Å². The van der Waals surface area contributed by atoms with Gasteiger partial charge in [0, 0.05) is 11.8 Å². The summed E-state index contributed by atoms with van der Waals surface area (Å²) in [4.78, 5) is 0. The largest absolute Gasteiger partial charge is 0.508 e. The summed E-state index contributed by atoms with van der Waals surface area (Å²) in [6, 6.07) is 6.14. The molecule has 6 N–H and O–H groups in total. The van der Waals surface area contributed by atoms with Gasteiger partial charge in [0.2, 0.25) is 0 Å². The molecule has 19 heavy (non-hydrogen) atoms. The normalized spacial score (nSPS) is 35.1. The van der Waals surface area contributed by atoms with Crippen molar-refractivity contribution in [1.29, 1.82) is 0 Å². The van der Waals surface area contributed by atoms with E-state index in [0.29, 0.717) is 5.69 Å². The van der Waals surface area contributed by atoms with Gasteiger partial charge in [0.15, 0.2) is 6.23 Å². The number of ether oxygens (including phenoxy) is 1. The van der Waals surface area contributed by atoms with Crippen LogP contribution in [0.2, 0.25) is 0 Å². The van der Waals surface area contributed by atoms with Crippen molar-refractivity contribution >= 4 is 5.69 Å². The molecule has 1 aliphatic heterocycles. The molecule has 0 bridgehead atoms. The van der Waals surface area contributed by atoms with Crippen molar-refractivity contribution in [3.8, 4) is 5.75 Å². The van der Waals surface area contributed by atoms with Gasteiger partial charge in [0.05, 0.1) is 6.61 Å². The van der Waals surface area contributed by atoms with Gasteiger partial charge in [-0.05, 0) is 12.1 Å². The van der Waals surface area contributed by atoms with Crippen molar-refractivity contribution in [2.75, 3.05) is 11.9 Å². The molecule has 0 aromatic heterocycles. The topological polar surface area (TPSA) is 122 Å². The number of phenols is 1. The minimum atomic E-state index is -1.43. The first-order valence-electron chi connectivity index (χ1n) is 5.89. The maximum atomic E-state index is 9.81. The van der Waals surface area contributed by atoms with Crippen LogP contribution in [0, 0.1) is 0 Å². The molecule has 0 amide bonds. The van der Waals surface area contributed by atoms with Crippen molar-refractivity contribution in [1.82, 2.24) is 0 Å². The average Bonchev–Trinajstić information content (AvgIpc) is 2.39. The smallest absolute Gasteiger partial charge is 0.157 e. The Kier molecular flexibility index (Phi) is 4.23. The zero-order valence-electron chi connectivity index (χ0n) is 10.0. The van der Waals surface area contributed by atoms with Crippen molar-refractivity contribution in [2.45, 2.75) is 30.6 Å². The van der Waals surface area contributed by atoms with Gasteiger partial charge < -0.3 is 35.6 Å². The minimum absolute atomic E-state index is 0.0367. The highest BCUT2D eigenvalue weighted by Crippen LogP contribution is 2.24. The predicted molar refractivity (Wildman–Crippen MR) is 65.5 cm³/mol. The summed E-state index contributed by atoms with van der Waals surface area (Å²) in [5.41, 5.74) is 0.476. The summed E-state index contributed by atoms with van der Waals surface area (Å²) in [5.74, 6) is 0.0367. The summed E-state index contributed by atoms with van der Waals surface area (Å²) in [6.45, 7) is -0.483. The lowest BCUT2D eigenvalue weighted by Gasteiger charge is -2.40. The number of anilines is 1. The number of nitrogens with one attached hydrogen (secondary N) is 1. The van der Waals surface area contributed by atoms with Crippen LogP contribution in [-0.4, -0.2) is 62.8 Å². The van der Waals surface area contributed by atoms with Crippen LogP contribution >= 0.6 is 0 Å². The molecule has 1 saturated heterocycles. The second-order valence-electron chi connectivity index (χ2n) is 4.44. The number of benzene rings is 1. The lowest BCUT2D eigenvalue weighted by Crippen LogP contribution is -2.60. The molecule has 1 heterocycles. The minimum Gasteiger partial charge on any atom is -0.508 e. The number of phenolic OH excluding ortho intramolecular Hbond substituents is 1. The highest BCUT2D eigenvalue weighted by Gasteiger charge is 2.43. The fraction of sp³-hybridized carbons (Fsp3) is 0.500. The molecule has 1 aliphatic rings. The molecule has 5 atom stereocenters. The molecule has 1 aromatic rings. The van der Waals surface area contributed by atoms with E-state index in [-0.39, 0.29) is 5.75 Å². The zero-order valence-corrected chi connectivity index (χ0v) is 10.0. The zero-order chi connectivity index (χ0) is 14.0. The summed E-state index contributed by atoms with van der Waals surface area (Å²) in [6.07, 6.45) is -6.14. The van der Waals surface area contributed by atoms with E-state index in [9.17, 15) is 20.4 Å². The molecule has 0 unspecified atom stereocenters. The van der Waals surface area contributed by atoms with Crippen LogP contribution in [0.1, 0.15) is 0 Å². The Bertz CT molecular complexity index is 426. The molecule has 106 valence electrons. The number of rotatable bonds is 3. The first kappa shape index (κ1) is 14.0. The van der Waals surface area contributed by atoms with Gasteiger partial charge in [-0.25, -0.2) is 0 Å².